The average Bonchev–Trinajstić information content (AvgIpc) is 2.42. The summed E-state index contributed by atoms with van der Waals surface area (Å²) in [6.07, 6.45) is 1.53. The van der Waals surface area contributed by atoms with Gasteiger partial charge < -0.3 is 10.1 Å². The number of benzene rings is 1. The molecule has 0 aliphatic carbocycles. The molecule has 0 aliphatic heterocycles. The fourth-order valence-corrected chi connectivity index (χ4v) is 1.96. The lowest BCUT2D eigenvalue weighted by atomic mass is 10.3. The SMILES string of the molecule is COc1cccc(NC(=O)Cn2ncc(I)cc2=O)c1. The van der Waals surface area contributed by atoms with Gasteiger partial charge in [-0.1, -0.05) is 6.07 Å². The number of rotatable bonds is 4. The molecule has 1 aromatic carbocycles. The Bertz CT molecular complexity index is 685. The Kier molecular flexibility index (Phi) is 4.72. The number of halogens is 1. The highest BCUT2D eigenvalue weighted by Crippen LogP contribution is 2.16. The zero-order valence-corrected chi connectivity index (χ0v) is 12.8. The van der Waals surface area contributed by atoms with Gasteiger partial charge in [0.05, 0.1) is 13.3 Å². The maximum absolute atomic E-state index is 11.9. The molecule has 1 heterocycles. The van der Waals surface area contributed by atoms with E-state index in [2.05, 4.69) is 10.4 Å². The van der Waals surface area contributed by atoms with Crippen molar-refractivity contribution in [2.24, 2.45) is 0 Å². The molecule has 0 saturated heterocycles. The summed E-state index contributed by atoms with van der Waals surface area (Å²) in [4.78, 5) is 23.5. The van der Waals surface area contributed by atoms with Crippen molar-refractivity contribution in [1.29, 1.82) is 0 Å². The molecule has 2 rings (SSSR count). The van der Waals surface area contributed by atoms with Crippen LogP contribution in [0.25, 0.3) is 0 Å². The number of ether oxygens (including phenoxy) is 1. The van der Waals surface area contributed by atoms with Gasteiger partial charge in [-0.25, -0.2) is 4.68 Å². The molecular formula is C13H12IN3O3. The molecule has 0 aliphatic rings. The molecule has 1 aromatic heterocycles. The number of nitrogens with one attached hydrogen (secondary N) is 1. The van der Waals surface area contributed by atoms with Gasteiger partial charge >= 0.3 is 0 Å². The molecule has 0 radical (unpaired) electrons. The number of hydrogen-bond donors (Lipinski definition) is 1. The van der Waals surface area contributed by atoms with Crippen LogP contribution in [0.2, 0.25) is 0 Å². The van der Waals surface area contributed by atoms with Crippen LogP contribution < -0.4 is 15.6 Å². The number of nitrogens with zero attached hydrogens (tertiary/aromatic N) is 2. The van der Waals surface area contributed by atoms with Crippen LogP contribution in [0.1, 0.15) is 0 Å². The minimum atomic E-state index is -0.325. The van der Waals surface area contributed by atoms with Crippen molar-refractivity contribution >= 4 is 34.2 Å². The van der Waals surface area contributed by atoms with Crippen LogP contribution >= 0.6 is 22.6 Å². The normalized spacial score (nSPS) is 10.1. The van der Waals surface area contributed by atoms with Crippen LogP contribution in [-0.2, 0) is 11.3 Å². The Morgan fingerprint density at radius 2 is 2.25 bits per heavy atom. The quantitative estimate of drug-likeness (QED) is 0.810. The minimum absolute atomic E-state index is 0.132. The van der Waals surface area contributed by atoms with Crippen LogP contribution in [0.4, 0.5) is 5.69 Å². The molecule has 1 N–H and O–H groups in total. The number of amides is 1. The summed E-state index contributed by atoms with van der Waals surface area (Å²) in [6.45, 7) is -0.132. The average molecular weight is 385 g/mol. The third-order valence-electron chi connectivity index (χ3n) is 2.48. The van der Waals surface area contributed by atoms with E-state index in [1.54, 1.807) is 31.4 Å². The topological polar surface area (TPSA) is 73.2 Å². The van der Waals surface area contributed by atoms with E-state index in [0.717, 1.165) is 8.25 Å². The Hall–Kier alpha value is -1.90. The number of methoxy groups -OCH3 is 1. The number of carbonyl (C=O) groups excluding carboxylic acids is 1. The second kappa shape index (κ2) is 6.51. The van der Waals surface area contributed by atoms with Gasteiger partial charge in [0.25, 0.3) is 5.56 Å². The van der Waals surface area contributed by atoms with Crippen molar-refractivity contribution in [3.8, 4) is 5.75 Å². The molecule has 6 nitrogen and oxygen atoms in total. The van der Waals surface area contributed by atoms with Gasteiger partial charge in [0, 0.05) is 21.4 Å². The maximum atomic E-state index is 11.9. The maximum Gasteiger partial charge on any atom is 0.268 e. The minimum Gasteiger partial charge on any atom is -0.497 e. The van der Waals surface area contributed by atoms with Gasteiger partial charge in [-0.3, -0.25) is 9.59 Å². The van der Waals surface area contributed by atoms with Crippen molar-refractivity contribution in [2.45, 2.75) is 6.54 Å². The fraction of sp³-hybridized carbons (Fsp3) is 0.154. The summed E-state index contributed by atoms with van der Waals surface area (Å²) < 4.78 is 6.91. The van der Waals surface area contributed by atoms with Crippen molar-refractivity contribution in [1.82, 2.24) is 9.78 Å². The lowest BCUT2D eigenvalue weighted by Crippen LogP contribution is -2.29. The van der Waals surface area contributed by atoms with Crippen molar-refractivity contribution in [2.75, 3.05) is 12.4 Å². The molecule has 0 bridgehead atoms. The van der Waals surface area contributed by atoms with Gasteiger partial charge in [-0.05, 0) is 34.7 Å². The van der Waals surface area contributed by atoms with Crippen LogP contribution in [0.15, 0.2) is 41.3 Å². The molecular weight excluding hydrogens is 373 g/mol. The monoisotopic (exact) mass is 385 g/mol. The van der Waals surface area contributed by atoms with Gasteiger partial charge in [-0.2, -0.15) is 5.10 Å². The first kappa shape index (κ1) is 14.5. The summed E-state index contributed by atoms with van der Waals surface area (Å²) in [5.41, 5.74) is 0.297. The van der Waals surface area contributed by atoms with Gasteiger partial charge in [-0.15, -0.1) is 0 Å². The van der Waals surface area contributed by atoms with Gasteiger partial charge in [0.2, 0.25) is 5.91 Å². The number of hydrogen-bond acceptors (Lipinski definition) is 4. The fourth-order valence-electron chi connectivity index (χ4n) is 1.57. The van der Waals surface area contributed by atoms with E-state index in [1.165, 1.54) is 12.3 Å². The first-order valence-electron chi connectivity index (χ1n) is 5.75. The lowest BCUT2D eigenvalue weighted by molar-refractivity contribution is -0.117. The van der Waals surface area contributed by atoms with Crippen molar-refractivity contribution in [3.05, 3.63) is 50.5 Å². The predicted octanol–water partition coefficient (Wildman–Crippen LogP) is 1.50. The Morgan fingerprint density at radius 1 is 1.45 bits per heavy atom. The molecule has 2 aromatic rings. The third kappa shape index (κ3) is 3.80. The third-order valence-corrected chi connectivity index (χ3v) is 3.07. The van der Waals surface area contributed by atoms with E-state index >= 15 is 0 Å². The molecule has 0 fully saturated rings. The van der Waals surface area contributed by atoms with Crippen LogP contribution in [0.3, 0.4) is 0 Å². The molecule has 0 spiro atoms. The van der Waals surface area contributed by atoms with Crippen LogP contribution in [0.5, 0.6) is 5.75 Å². The first-order chi connectivity index (χ1) is 9.58. The molecule has 1 amide bonds. The number of anilines is 1. The smallest absolute Gasteiger partial charge is 0.268 e. The standard InChI is InChI=1S/C13H12IN3O3/c1-20-11-4-2-3-10(6-11)16-12(18)8-17-13(19)5-9(14)7-15-17/h2-7H,8H2,1H3,(H,16,18). The first-order valence-corrected chi connectivity index (χ1v) is 6.83. The zero-order chi connectivity index (χ0) is 14.5. The summed E-state index contributed by atoms with van der Waals surface area (Å²) >= 11 is 1.99. The second-order valence-electron chi connectivity index (χ2n) is 3.95. The number of carbonyl (C=O) groups is 1. The van der Waals surface area contributed by atoms with E-state index in [4.69, 9.17) is 4.74 Å². The molecule has 104 valence electrons. The second-order valence-corrected chi connectivity index (χ2v) is 5.20. The highest BCUT2D eigenvalue weighted by atomic mass is 127. The van der Waals surface area contributed by atoms with Crippen LogP contribution in [0, 0.1) is 3.57 Å². The van der Waals surface area contributed by atoms with Crippen molar-refractivity contribution < 1.29 is 9.53 Å². The Balaban J connectivity index is 2.07. The lowest BCUT2D eigenvalue weighted by Gasteiger charge is -2.07. The molecule has 7 heteroatoms. The highest BCUT2D eigenvalue weighted by Gasteiger charge is 2.07. The Labute approximate surface area is 128 Å². The summed E-state index contributed by atoms with van der Waals surface area (Å²) in [5, 5.41) is 6.59. The number of aromatic nitrogens is 2. The van der Waals surface area contributed by atoms with E-state index in [0.29, 0.717) is 11.4 Å². The van der Waals surface area contributed by atoms with Gasteiger partial charge in [0.15, 0.2) is 0 Å². The van der Waals surface area contributed by atoms with E-state index in [9.17, 15) is 9.59 Å². The summed E-state index contributed by atoms with van der Waals surface area (Å²) in [6, 6.07) is 8.41. The zero-order valence-electron chi connectivity index (χ0n) is 10.7. The van der Waals surface area contributed by atoms with E-state index < -0.39 is 0 Å². The van der Waals surface area contributed by atoms with Crippen molar-refractivity contribution in [3.63, 3.8) is 0 Å². The predicted molar refractivity (Wildman–Crippen MR) is 82.8 cm³/mol. The largest absolute Gasteiger partial charge is 0.497 e. The molecule has 0 unspecified atom stereocenters. The molecule has 0 atom stereocenters. The van der Waals surface area contributed by atoms with Crippen LogP contribution in [-0.4, -0.2) is 22.8 Å². The molecule has 20 heavy (non-hydrogen) atoms. The highest BCUT2D eigenvalue weighted by molar-refractivity contribution is 14.1. The summed E-state index contributed by atoms with van der Waals surface area (Å²) in [5.74, 6) is 0.321. The van der Waals surface area contributed by atoms with E-state index in [-0.39, 0.29) is 18.0 Å². The van der Waals surface area contributed by atoms with E-state index in [1.807, 2.05) is 22.6 Å². The summed E-state index contributed by atoms with van der Waals surface area (Å²) in [7, 11) is 1.55. The Morgan fingerprint density at radius 3 is 2.95 bits per heavy atom. The van der Waals surface area contributed by atoms with Gasteiger partial charge in [0.1, 0.15) is 12.3 Å². The molecule has 0 saturated carbocycles.